The Labute approximate surface area is 115 Å². The average molecular weight is 265 g/mol. The normalized spacial score (nSPS) is 11.9. The third kappa shape index (κ3) is 5.30. The quantitative estimate of drug-likeness (QED) is 0.580. The van der Waals surface area contributed by atoms with Gasteiger partial charge in [-0.2, -0.15) is 0 Å². The van der Waals surface area contributed by atoms with Crippen molar-refractivity contribution in [3.8, 4) is 5.75 Å². The van der Waals surface area contributed by atoms with Gasteiger partial charge in [0.15, 0.2) is 0 Å². The van der Waals surface area contributed by atoms with E-state index in [1.807, 2.05) is 25.1 Å². The molecular weight excluding hydrogens is 242 g/mol. The number of esters is 1. The Kier molecular flexibility index (Phi) is 6.97. The SMILES string of the molecule is CCOc1ccccc1C(C)NCCCC(=O)OC. The topological polar surface area (TPSA) is 47.6 Å². The Morgan fingerprint density at radius 1 is 1.37 bits per heavy atom. The van der Waals surface area contributed by atoms with Crippen LogP contribution in [0.4, 0.5) is 0 Å². The van der Waals surface area contributed by atoms with Gasteiger partial charge in [0.1, 0.15) is 5.75 Å². The smallest absolute Gasteiger partial charge is 0.305 e. The van der Waals surface area contributed by atoms with Gasteiger partial charge in [0, 0.05) is 18.0 Å². The fourth-order valence-electron chi connectivity index (χ4n) is 1.89. The van der Waals surface area contributed by atoms with Gasteiger partial charge in [-0.05, 0) is 32.9 Å². The monoisotopic (exact) mass is 265 g/mol. The molecule has 1 aromatic rings. The average Bonchev–Trinajstić information content (AvgIpc) is 2.44. The number of hydrogen-bond donors (Lipinski definition) is 1. The van der Waals surface area contributed by atoms with Crippen LogP contribution in [0.25, 0.3) is 0 Å². The van der Waals surface area contributed by atoms with Gasteiger partial charge in [0.2, 0.25) is 0 Å². The minimum absolute atomic E-state index is 0.163. The summed E-state index contributed by atoms with van der Waals surface area (Å²) in [4.78, 5) is 11.0. The third-order valence-electron chi connectivity index (χ3n) is 2.92. The molecule has 0 heterocycles. The molecule has 1 rings (SSSR count). The molecule has 1 atom stereocenters. The molecule has 1 N–H and O–H groups in total. The fraction of sp³-hybridized carbons (Fsp3) is 0.533. The number of rotatable bonds is 8. The van der Waals surface area contributed by atoms with Crippen LogP contribution in [0.1, 0.15) is 38.3 Å². The lowest BCUT2D eigenvalue weighted by Gasteiger charge is -2.17. The summed E-state index contributed by atoms with van der Waals surface area (Å²) in [6, 6.07) is 8.21. The maximum atomic E-state index is 11.0. The van der Waals surface area contributed by atoms with E-state index in [2.05, 4.69) is 23.0 Å². The summed E-state index contributed by atoms with van der Waals surface area (Å²) in [6.07, 6.45) is 1.22. The van der Waals surface area contributed by atoms with E-state index in [4.69, 9.17) is 4.74 Å². The van der Waals surface area contributed by atoms with E-state index in [0.29, 0.717) is 13.0 Å². The molecule has 0 aliphatic rings. The summed E-state index contributed by atoms with van der Waals surface area (Å²) in [5, 5.41) is 3.39. The van der Waals surface area contributed by atoms with Gasteiger partial charge >= 0.3 is 5.97 Å². The van der Waals surface area contributed by atoms with Crippen molar-refractivity contribution in [1.29, 1.82) is 0 Å². The summed E-state index contributed by atoms with van der Waals surface area (Å²) in [6.45, 7) is 5.50. The summed E-state index contributed by atoms with van der Waals surface area (Å²) in [5.41, 5.74) is 1.14. The molecule has 0 bridgehead atoms. The predicted octanol–water partition coefficient (Wildman–Crippen LogP) is 2.69. The van der Waals surface area contributed by atoms with Crippen LogP contribution in [0.2, 0.25) is 0 Å². The molecule has 0 saturated carbocycles. The zero-order chi connectivity index (χ0) is 14.1. The van der Waals surface area contributed by atoms with Crippen molar-refractivity contribution in [2.24, 2.45) is 0 Å². The van der Waals surface area contributed by atoms with Crippen LogP contribution in [0, 0.1) is 0 Å². The minimum Gasteiger partial charge on any atom is -0.494 e. The molecule has 1 aromatic carbocycles. The molecule has 0 spiro atoms. The van der Waals surface area contributed by atoms with Crippen molar-refractivity contribution < 1.29 is 14.3 Å². The summed E-state index contributed by atoms with van der Waals surface area (Å²) < 4.78 is 10.2. The van der Waals surface area contributed by atoms with Crippen molar-refractivity contribution in [2.75, 3.05) is 20.3 Å². The highest BCUT2D eigenvalue weighted by atomic mass is 16.5. The third-order valence-corrected chi connectivity index (χ3v) is 2.92. The van der Waals surface area contributed by atoms with Crippen LogP contribution in [-0.2, 0) is 9.53 Å². The number of methoxy groups -OCH3 is 1. The second-order valence-corrected chi connectivity index (χ2v) is 4.33. The Hall–Kier alpha value is -1.55. The van der Waals surface area contributed by atoms with E-state index in [1.54, 1.807) is 0 Å². The first-order valence-electron chi connectivity index (χ1n) is 6.71. The first-order valence-corrected chi connectivity index (χ1v) is 6.71. The molecule has 0 aromatic heterocycles. The standard InChI is InChI=1S/C15H23NO3/c1-4-19-14-9-6-5-8-13(14)12(2)16-11-7-10-15(17)18-3/h5-6,8-9,12,16H,4,7,10-11H2,1-3H3. The lowest BCUT2D eigenvalue weighted by molar-refractivity contribution is -0.140. The van der Waals surface area contributed by atoms with Crippen LogP contribution in [0.3, 0.4) is 0 Å². The van der Waals surface area contributed by atoms with Gasteiger partial charge < -0.3 is 14.8 Å². The van der Waals surface area contributed by atoms with Crippen LogP contribution < -0.4 is 10.1 Å². The second-order valence-electron chi connectivity index (χ2n) is 4.33. The Balaban J connectivity index is 2.44. The van der Waals surface area contributed by atoms with Gasteiger partial charge in [-0.25, -0.2) is 0 Å². The van der Waals surface area contributed by atoms with Crippen LogP contribution in [-0.4, -0.2) is 26.2 Å². The van der Waals surface area contributed by atoms with Crippen molar-refractivity contribution >= 4 is 5.97 Å². The van der Waals surface area contributed by atoms with E-state index in [-0.39, 0.29) is 12.0 Å². The molecule has 0 fully saturated rings. The Morgan fingerprint density at radius 3 is 2.79 bits per heavy atom. The minimum atomic E-state index is -0.163. The maximum Gasteiger partial charge on any atom is 0.305 e. The fourth-order valence-corrected chi connectivity index (χ4v) is 1.89. The summed E-state index contributed by atoms with van der Waals surface area (Å²) >= 11 is 0. The number of carbonyl (C=O) groups is 1. The molecule has 0 saturated heterocycles. The van der Waals surface area contributed by atoms with Gasteiger partial charge in [0.05, 0.1) is 13.7 Å². The van der Waals surface area contributed by atoms with Crippen molar-refractivity contribution in [3.05, 3.63) is 29.8 Å². The molecule has 0 aliphatic carbocycles. The largest absolute Gasteiger partial charge is 0.494 e. The molecule has 0 amide bonds. The molecule has 1 unspecified atom stereocenters. The number of hydrogen-bond acceptors (Lipinski definition) is 4. The summed E-state index contributed by atoms with van der Waals surface area (Å²) in [7, 11) is 1.41. The summed E-state index contributed by atoms with van der Waals surface area (Å²) in [5.74, 6) is 0.752. The Bertz CT molecular complexity index is 393. The maximum absolute atomic E-state index is 11.0. The molecule has 0 radical (unpaired) electrons. The number of para-hydroxylation sites is 1. The molecular formula is C15H23NO3. The van der Waals surface area contributed by atoms with Crippen LogP contribution in [0.5, 0.6) is 5.75 Å². The zero-order valence-electron chi connectivity index (χ0n) is 11.9. The predicted molar refractivity (Wildman–Crippen MR) is 75.3 cm³/mol. The molecule has 19 heavy (non-hydrogen) atoms. The van der Waals surface area contributed by atoms with Crippen LogP contribution in [0.15, 0.2) is 24.3 Å². The first-order chi connectivity index (χ1) is 9.19. The second kappa shape index (κ2) is 8.53. The molecule has 0 aliphatic heterocycles. The van der Waals surface area contributed by atoms with Gasteiger partial charge in [0.25, 0.3) is 0 Å². The van der Waals surface area contributed by atoms with Gasteiger partial charge in [-0.3, -0.25) is 4.79 Å². The molecule has 4 nitrogen and oxygen atoms in total. The first kappa shape index (κ1) is 15.5. The number of carbonyl (C=O) groups excluding carboxylic acids is 1. The zero-order valence-corrected chi connectivity index (χ0v) is 11.9. The van der Waals surface area contributed by atoms with Crippen molar-refractivity contribution in [3.63, 3.8) is 0 Å². The van der Waals surface area contributed by atoms with E-state index >= 15 is 0 Å². The molecule has 4 heteroatoms. The number of nitrogens with one attached hydrogen (secondary N) is 1. The lowest BCUT2D eigenvalue weighted by Crippen LogP contribution is -2.21. The Morgan fingerprint density at radius 2 is 2.11 bits per heavy atom. The van der Waals surface area contributed by atoms with Gasteiger partial charge in [-0.15, -0.1) is 0 Å². The van der Waals surface area contributed by atoms with Crippen molar-refractivity contribution in [2.45, 2.75) is 32.7 Å². The van der Waals surface area contributed by atoms with E-state index in [9.17, 15) is 4.79 Å². The van der Waals surface area contributed by atoms with E-state index < -0.39 is 0 Å². The van der Waals surface area contributed by atoms with Crippen molar-refractivity contribution in [1.82, 2.24) is 5.32 Å². The van der Waals surface area contributed by atoms with E-state index in [1.165, 1.54) is 7.11 Å². The molecule has 106 valence electrons. The highest BCUT2D eigenvalue weighted by Gasteiger charge is 2.10. The van der Waals surface area contributed by atoms with E-state index in [0.717, 1.165) is 24.3 Å². The highest BCUT2D eigenvalue weighted by molar-refractivity contribution is 5.69. The van der Waals surface area contributed by atoms with Gasteiger partial charge in [-0.1, -0.05) is 18.2 Å². The lowest BCUT2D eigenvalue weighted by atomic mass is 10.1. The number of ether oxygens (including phenoxy) is 2. The number of benzene rings is 1. The highest BCUT2D eigenvalue weighted by Crippen LogP contribution is 2.24. The van der Waals surface area contributed by atoms with Crippen LogP contribution >= 0.6 is 0 Å².